The maximum absolute atomic E-state index is 12.0. The maximum atomic E-state index is 12.0. The average molecular weight is 210 g/mol. The minimum Gasteiger partial charge on any atom is -0.337 e. The van der Waals surface area contributed by atoms with Crippen molar-refractivity contribution in [2.24, 2.45) is 11.1 Å². The van der Waals surface area contributed by atoms with Gasteiger partial charge < -0.3 is 10.6 Å². The molecule has 1 aliphatic heterocycles. The fourth-order valence-electron chi connectivity index (χ4n) is 1.54. The van der Waals surface area contributed by atoms with E-state index in [1.807, 2.05) is 25.7 Å². The third-order valence-electron chi connectivity index (χ3n) is 2.95. The molecular weight excluding hydrogens is 188 g/mol. The first-order chi connectivity index (χ1) is 6.82. The second-order valence-electron chi connectivity index (χ2n) is 5.43. The first kappa shape index (κ1) is 12.2. The molecule has 0 aromatic rings. The van der Waals surface area contributed by atoms with Gasteiger partial charge in [-0.2, -0.15) is 0 Å². The van der Waals surface area contributed by atoms with Crippen LogP contribution in [0.4, 0.5) is 0 Å². The molecule has 0 fully saturated rings. The SMILES string of the molecule is CC1=CCN(C(=O)[C@H](N)C(C)(C)C)CC1. The molecule has 1 heterocycles. The van der Waals surface area contributed by atoms with E-state index in [0.29, 0.717) is 6.54 Å². The number of hydrogen-bond acceptors (Lipinski definition) is 2. The Balaban J connectivity index is 2.63. The van der Waals surface area contributed by atoms with E-state index in [1.54, 1.807) is 0 Å². The van der Waals surface area contributed by atoms with Crippen molar-refractivity contribution in [3.63, 3.8) is 0 Å². The monoisotopic (exact) mass is 210 g/mol. The maximum Gasteiger partial charge on any atom is 0.240 e. The fourth-order valence-corrected chi connectivity index (χ4v) is 1.54. The summed E-state index contributed by atoms with van der Waals surface area (Å²) in [4.78, 5) is 13.9. The third kappa shape index (κ3) is 3.06. The highest BCUT2D eigenvalue weighted by atomic mass is 16.2. The highest BCUT2D eigenvalue weighted by Gasteiger charge is 2.31. The summed E-state index contributed by atoms with van der Waals surface area (Å²) in [6.07, 6.45) is 3.08. The van der Waals surface area contributed by atoms with Crippen LogP contribution >= 0.6 is 0 Å². The third-order valence-corrected chi connectivity index (χ3v) is 2.95. The van der Waals surface area contributed by atoms with Gasteiger partial charge in [-0.05, 0) is 18.8 Å². The van der Waals surface area contributed by atoms with Gasteiger partial charge in [0.1, 0.15) is 0 Å². The summed E-state index contributed by atoms with van der Waals surface area (Å²) in [5, 5.41) is 0. The van der Waals surface area contributed by atoms with E-state index in [4.69, 9.17) is 5.73 Å². The van der Waals surface area contributed by atoms with Gasteiger partial charge in [0.2, 0.25) is 5.91 Å². The molecule has 0 bridgehead atoms. The Labute approximate surface area is 92.3 Å². The van der Waals surface area contributed by atoms with Crippen LogP contribution in [0, 0.1) is 5.41 Å². The van der Waals surface area contributed by atoms with Crippen LogP contribution < -0.4 is 5.73 Å². The molecule has 3 heteroatoms. The van der Waals surface area contributed by atoms with E-state index < -0.39 is 6.04 Å². The zero-order valence-corrected chi connectivity index (χ0v) is 10.2. The van der Waals surface area contributed by atoms with Crippen LogP contribution in [0.25, 0.3) is 0 Å². The lowest BCUT2D eigenvalue weighted by Crippen LogP contribution is -2.51. The van der Waals surface area contributed by atoms with Crippen LogP contribution in [0.2, 0.25) is 0 Å². The van der Waals surface area contributed by atoms with Gasteiger partial charge in [0, 0.05) is 13.1 Å². The summed E-state index contributed by atoms with van der Waals surface area (Å²) < 4.78 is 0. The number of carbonyl (C=O) groups is 1. The average Bonchev–Trinajstić information content (AvgIpc) is 2.15. The Morgan fingerprint density at radius 3 is 2.53 bits per heavy atom. The minimum atomic E-state index is -0.399. The predicted octanol–water partition coefficient (Wildman–Crippen LogP) is 1.54. The first-order valence-corrected chi connectivity index (χ1v) is 5.52. The van der Waals surface area contributed by atoms with Crippen molar-refractivity contribution in [1.29, 1.82) is 0 Å². The molecule has 0 radical (unpaired) electrons. The van der Waals surface area contributed by atoms with E-state index in [0.717, 1.165) is 13.0 Å². The summed E-state index contributed by atoms with van der Waals surface area (Å²) >= 11 is 0. The highest BCUT2D eigenvalue weighted by molar-refractivity contribution is 5.82. The lowest BCUT2D eigenvalue weighted by Gasteiger charge is -2.33. The lowest BCUT2D eigenvalue weighted by molar-refractivity contribution is -0.134. The molecule has 0 spiro atoms. The molecule has 0 aromatic heterocycles. The second kappa shape index (κ2) is 4.35. The molecule has 1 rings (SSSR count). The molecule has 86 valence electrons. The second-order valence-corrected chi connectivity index (χ2v) is 5.43. The van der Waals surface area contributed by atoms with Crippen LogP contribution in [0.15, 0.2) is 11.6 Å². The molecule has 0 unspecified atom stereocenters. The molecule has 0 aromatic carbocycles. The van der Waals surface area contributed by atoms with Gasteiger partial charge in [-0.1, -0.05) is 32.4 Å². The Bertz CT molecular complexity index is 276. The summed E-state index contributed by atoms with van der Waals surface area (Å²) in [5.41, 5.74) is 7.15. The van der Waals surface area contributed by atoms with Gasteiger partial charge in [0.25, 0.3) is 0 Å². The number of carbonyl (C=O) groups excluding carboxylic acids is 1. The fraction of sp³-hybridized carbons (Fsp3) is 0.750. The number of nitrogens with two attached hydrogens (primary N) is 1. The predicted molar refractivity (Wildman–Crippen MR) is 62.4 cm³/mol. The first-order valence-electron chi connectivity index (χ1n) is 5.52. The largest absolute Gasteiger partial charge is 0.337 e. The van der Waals surface area contributed by atoms with Crippen molar-refractivity contribution >= 4 is 5.91 Å². The van der Waals surface area contributed by atoms with Crippen molar-refractivity contribution in [3.8, 4) is 0 Å². The summed E-state index contributed by atoms with van der Waals surface area (Å²) in [6, 6.07) is -0.399. The minimum absolute atomic E-state index is 0.0752. The molecule has 2 N–H and O–H groups in total. The summed E-state index contributed by atoms with van der Waals surface area (Å²) in [7, 11) is 0. The van der Waals surface area contributed by atoms with Crippen LogP contribution in [0.5, 0.6) is 0 Å². The topological polar surface area (TPSA) is 46.3 Å². The molecule has 0 saturated carbocycles. The van der Waals surface area contributed by atoms with Crippen molar-refractivity contribution in [3.05, 3.63) is 11.6 Å². The van der Waals surface area contributed by atoms with Gasteiger partial charge in [0.05, 0.1) is 6.04 Å². The molecular formula is C12H22N2O. The number of nitrogens with zero attached hydrogens (tertiary/aromatic N) is 1. The molecule has 1 amide bonds. The number of amides is 1. The van der Waals surface area contributed by atoms with Crippen LogP contribution in [-0.4, -0.2) is 29.9 Å². The van der Waals surface area contributed by atoms with Gasteiger partial charge in [-0.3, -0.25) is 4.79 Å². The van der Waals surface area contributed by atoms with Crippen molar-refractivity contribution in [2.75, 3.05) is 13.1 Å². The Kier molecular flexibility index (Phi) is 3.55. The highest BCUT2D eigenvalue weighted by Crippen LogP contribution is 2.20. The number of rotatable bonds is 1. The summed E-state index contributed by atoms with van der Waals surface area (Å²) in [6.45, 7) is 9.63. The smallest absolute Gasteiger partial charge is 0.240 e. The van der Waals surface area contributed by atoms with Crippen molar-refractivity contribution in [2.45, 2.75) is 40.2 Å². The van der Waals surface area contributed by atoms with E-state index in [2.05, 4.69) is 13.0 Å². The molecule has 3 nitrogen and oxygen atoms in total. The standard InChI is InChI=1S/C12H22N2O/c1-9-5-7-14(8-6-9)11(15)10(13)12(2,3)4/h5,10H,6-8,13H2,1-4H3/t10-/m0/s1. The van der Waals surface area contributed by atoms with Crippen LogP contribution in [-0.2, 0) is 4.79 Å². The van der Waals surface area contributed by atoms with Gasteiger partial charge >= 0.3 is 0 Å². The Morgan fingerprint density at radius 1 is 1.53 bits per heavy atom. The zero-order valence-electron chi connectivity index (χ0n) is 10.2. The van der Waals surface area contributed by atoms with Gasteiger partial charge in [-0.25, -0.2) is 0 Å². The molecule has 15 heavy (non-hydrogen) atoms. The van der Waals surface area contributed by atoms with E-state index in [-0.39, 0.29) is 11.3 Å². The van der Waals surface area contributed by atoms with E-state index in [9.17, 15) is 4.79 Å². The van der Waals surface area contributed by atoms with Crippen LogP contribution in [0.3, 0.4) is 0 Å². The molecule has 1 atom stereocenters. The molecule has 0 aliphatic carbocycles. The van der Waals surface area contributed by atoms with Gasteiger partial charge in [-0.15, -0.1) is 0 Å². The molecule has 0 saturated heterocycles. The normalized spacial score (nSPS) is 19.8. The zero-order chi connectivity index (χ0) is 11.6. The Hall–Kier alpha value is -0.830. The quantitative estimate of drug-likeness (QED) is 0.667. The van der Waals surface area contributed by atoms with E-state index >= 15 is 0 Å². The molecule has 1 aliphatic rings. The Morgan fingerprint density at radius 2 is 2.13 bits per heavy atom. The van der Waals surface area contributed by atoms with Crippen LogP contribution in [0.1, 0.15) is 34.1 Å². The van der Waals surface area contributed by atoms with Gasteiger partial charge in [0.15, 0.2) is 0 Å². The van der Waals surface area contributed by atoms with Crippen molar-refractivity contribution < 1.29 is 4.79 Å². The number of hydrogen-bond donors (Lipinski definition) is 1. The van der Waals surface area contributed by atoms with E-state index in [1.165, 1.54) is 5.57 Å². The van der Waals surface area contributed by atoms with Crippen molar-refractivity contribution in [1.82, 2.24) is 4.90 Å². The lowest BCUT2D eigenvalue weighted by atomic mass is 9.86. The summed E-state index contributed by atoms with van der Waals surface area (Å²) in [5.74, 6) is 0.0752.